The molecule has 0 aliphatic heterocycles. The molecule has 23 heavy (non-hydrogen) atoms. The van der Waals surface area contributed by atoms with E-state index in [1.54, 1.807) is 12.1 Å². The monoisotopic (exact) mass is 320 g/mol. The summed E-state index contributed by atoms with van der Waals surface area (Å²) in [5.74, 6) is 1.40. The van der Waals surface area contributed by atoms with Gasteiger partial charge in [0.05, 0.1) is 21.3 Å². The van der Waals surface area contributed by atoms with Crippen molar-refractivity contribution in [3.8, 4) is 28.6 Å². The number of benzene rings is 1. The molecule has 0 fully saturated rings. The van der Waals surface area contributed by atoms with E-state index in [4.69, 9.17) is 24.4 Å². The Labute approximate surface area is 134 Å². The standard InChI is InChI=1S/C16H20N2O5/c1-8(2)16-18-12(15(17)19)13(23-16)9-6-10(20-3)14(22-5)11(7-9)21-4/h6-8H,1-5H3,(H2,17,19). The van der Waals surface area contributed by atoms with E-state index < -0.39 is 5.91 Å². The third-order valence-electron chi connectivity index (χ3n) is 3.30. The molecule has 1 aromatic carbocycles. The van der Waals surface area contributed by atoms with E-state index in [-0.39, 0.29) is 17.4 Å². The Morgan fingerprint density at radius 3 is 2.09 bits per heavy atom. The molecule has 2 N–H and O–H groups in total. The first kappa shape index (κ1) is 16.7. The molecule has 1 aromatic heterocycles. The molecule has 0 atom stereocenters. The summed E-state index contributed by atoms with van der Waals surface area (Å²) in [7, 11) is 4.53. The molecule has 0 bridgehead atoms. The van der Waals surface area contributed by atoms with Crippen molar-refractivity contribution in [1.29, 1.82) is 0 Å². The van der Waals surface area contributed by atoms with Crippen LogP contribution < -0.4 is 19.9 Å². The molecule has 0 aliphatic carbocycles. The first-order valence-electron chi connectivity index (χ1n) is 7.03. The van der Waals surface area contributed by atoms with Crippen molar-refractivity contribution >= 4 is 5.91 Å². The van der Waals surface area contributed by atoms with Crippen molar-refractivity contribution in [1.82, 2.24) is 4.98 Å². The van der Waals surface area contributed by atoms with Gasteiger partial charge in [-0.3, -0.25) is 4.79 Å². The number of carbonyl (C=O) groups excluding carboxylic acids is 1. The summed E-state index contributed by atoms with van der Waals surface area (Å²) >= 11 is 0. The van der Waals surface area contributed by atoms with Crippen LogP contribution in [0.1, 0.15) is 36.1 Å². The smallest absolute Gasteiger partial charge is 0.271 e. The van der Waals surface area contributed by atoms with Crippen molar-refractivity contribution in [2.24, 2.45) is 5.73 Å². The molecule has 124 valence electrons. The topological polar surface area (TPSA) is 96.8 Å². The predicted octanol–water partition coefficient (Wildman–Crippen LogP) is 2.59. The summed E-state index contributed by atoms with van der Waals surface area (Å²) in [6.07, 6.45) is 0. The van der Waals surface area contributed by atoms with E-state index in [0.717, 1.165) is 0 Å². The molecule has 0 unspecified atom stereocenters. The first-order chi connectivity index (χ1) is 10.9. The van der Waals surface area contributed by atoms with Crippen LogP contribution in [-0.4, -0.2) is 32.2 Å². The third kappa shape index (κ3) is 3.08. The Hall–Kier alpha value is -2.70. The van der Waals surface area contributed by atoms with E-state index in [0.29, 0.717) is 28.7 Å². The summed E-state index contributed by atoms with van der Waals surface area (Å²) in [5.41, 5.74) is 6.05. The molecule has 1 heterocycles. The van der Waals surface area contributed by atoms with Crippen LogP contribution in [0.2, 0.25) is 0 Å². The Morgan fingerprint density at radius 2 is 1.70 bits per heavy atom. The molecule has 7 nitrogen and oxygen atoms in total. The summed E-state index contributed by atoms with van der Waals surface area (Å²) in [6, 6.07) is 3.36. The van der Waals surface area contributed by atoms with Crippen LogP contribution in [0.4, 0.5) is 0 Å². The summed E-state index contributed by atoms with van der Waals surface area (Å²) in [6.45, 7) is 3.82. The van der Waals surface area contributed by atoms with Gasteiger partial charge in [0, 0.05) is 11.5 Å². The lowest BCUT2D eigenvalue weighted by Gasteiger charge is -2.13. The molecule has 0 radical (unpaired) electrons. The highest BCUT2D eigenvalue weighted by atomic mass is 16.5. The van der Waals surface area contributed by atoms with Gasteiger partial charge in [0.1, 0.15) is 0 Å². The van der Waals surface area contributed by atoms with Crippen molar-refractivity contribution in [3.63, 3.8) is 0 Å². The van der Waals surface area contributed by atoms with Crippen LogP contribution in [0.15, 0.2) is 16.5 Å². The number of rotatable bonds is 6. The van der Waals surface area contributed by atoms with Crippen molar-refractivity contribution in [2.45, 2.75) is 19.8 Å². The SMILES string of the molecule is COc1cc(-c2oc(C(C)C)nc2C(N)=O)cc(OC)c1OC. The highest BCUT2D eigenvalue weighted by Gasteiger charge is 2.23. The molecule has 7 heteroatoms. The van der Waals surface area contributed by atoms with E-state index in [1.165, 1.54) is 21.3 Å². The van der Waals surface area contributed by atoms with Gasteiger partial charge in [0.25, 0.3) is 5.91 Å². The van der Waals surface area contributed by atoms with Crippen LogP contribution in [-0.2, 0) is 0 Å². The zero-order chi connectivity index (χ0) is 17.1. The van der Waals surface area contributed by atoms with Gasteiger partial charge in [0.15, 0.2) is 28.8 Å². The molecule has 1 amide bonds. The molecule has 0 saturated heterocycles. The normalized spacial score (nSPS) is 10.7. The minimum absolute atomic E-state index is 0.0175. The largest absolute Gasteiger partial charge is 0.493 e. The zero-order valence-electron chi connectivity index (χ0n) is 13.8. The Morgan fingerprint density at radius 1 is 1.13 bits per heavy atom. The fourth-order valence-electron chi connectivity index (χ4n) is 2.16. The van der Waals surface area contributed by atoms with Gasteiger partial charge in [-0.1, -0.05) is 13.8 Å². The van der Waals surface area contributed by atoms with Gasteiger partial charge in [-0.05, 0) is 12.1 Å². The average Bonchev–Trinajstić information content (AvgIpc) is 2.99. The van der Waals surface area contributed by atoms with Crippen molar-refractivity contribution in [3.05, 3.63) is 23.7 Å². The lowest BCUT2D eigenvalue weighted by Crippen LogP contribution is -2.12. The van der Waals surface area contributed by atoms with E-state index in [1.807, 2.05) is 13.8 Å². The zero-order valence-corrected chi connectivity index (χ0v) is 13.8. The molecule has 2 rings (SSSR count). The third-order valence-corrected chi connectivity index (χ3v) is 3.30. The second kappa shape index (κ2) is 6.60. The fourth-order valence-corrected chi connectivity index (χ4v) is 2.16. The highest BCUT2D eigenvalue weighted by Crippen LogP contribution is 2.42. The molecule has 2 aromatic rings. The minimum atomic E-state index is -0.663. The van der Waals surface area contributed by atoms with Crippen molar-refractivity contribution < 1.29 is 23.4 Å². The number of amides is 1. The van der Waals surface area contributed by atoms with Gasteiger partial charge in [-0.15, -0.1) is 0 Å². The van der Waals surface area contributed by atoms with Crippen LogP contribution in [0.3, 0.4) is 0 Å². The molecular formula is C16H20N2O5. The second-order valence-corrected chi connectivity index (χ2v) is 5.16. The van der Waals surface area contributed by atoms with E-state index in [9.17, 15) is 4.79 Å². The number of methoxy groups -OCH3 is 3. The molecule has 0 saturated carbocycles. The summed E-state index contributed by atoms with van der Waals surface area (Å²) in [5, 5.41) is 0. The lowest BCUT2D eigenvalue weighted by molar-refractivity contribution is 0.0996. The minimum Gasteiger partial charge on any atom is -0.493 e. The molecular weight excluding hydrogens is 300 g/mol. The Balaban J connectivity index is 2.68. The fraction of sp³-hybridized carbons (Fsp3) is 0.375. The quantitative estimate of drug-likeness (QED) is 0.878. The maximum Gasteiger partial charge on any atom is 0.271 e. The number of carbonyl (C=O) groups is 1. The average molecular weight is 320 g/mol. The Bertz CT molecular complexity index is 696. The molecule has 0 aliphatic rings. The lowest BCUT2D eigenvalue weighted by atomic mass is 10.1. The van der Waals surface area contributed by atoms with Crippen LogP contribution in [0, 0.1) is 0 Å². The second-order valence-electron chi connectivity index (χ2n) is 5.16. The van der Waals surface area contributed by atoms with Crippen LogP contribution in [0.25, 0.3) is 11.3 Å². The van der Waals surface area contributed by atoms with Crippen molar-refractivity contribution in [2.75, 3.05) is 21.3 Å². The maximum atomic E-state index is 11.7. The number of oxazole rings is 1. The summed E-state index contributed by atoms with van der Waals surface area (Å²) in [4.78, 5) is 15.9. The number of ether oxygens (including phenoxy) is 3. The van der Waals surface area contributed by atoms with Gasteiger partial charge >= 0.3 is 0 Å². The van der Waals surface area contributed by atoms with E-state index in [2.05, 4.69) is 4.98 Å². The summed E-state index contributed by atoms with van der Waals surface area (Å²) < 4.78 is 21.6. The van der Waals surface area contributed by atoms with Gasteiger partial charge in [-0.2, -0.15) is 0 Å². The van der Waals surface area contributed by atoms with Crippen LogP contribution >= 0.6 is 0 Å². The van der Waals surface area contributed by atoms with Gasteiger partial charge in [-0.25, -0.2) is 4.98 Å². The van der Waals surface area contributed by atoms with Gasteiger partial charge in [0.2, 0.25) is 5.75 Å². The van der Waals surface area contributed by atoms with Crippen LogP contribution in [0.5, 0.6) is 17.2 Å². The number of nitrogens with two attached hydrogens (primary N) is 1. The highest BCUT2D eigenvalue weighted by molar-refractivity contribution is 5.96. The van der Waals surface area contributed by atoms with E-state index >= 15 is 0 Å². The maximum absolute atomic E-state index is 11.7. The number of nitrogens with zero attached hydrogens (tertiary/aromatic N) is 1. The molecule has 0 spiro atoms. The number of aromatic nitrogens is 1. The van der Waals surface area contributed by atoms with Gasteiger partial charge < -0.3 is 24.4 Å². The Kier molecular flexibility index (Phi) is 4.78. The number of hydrogen-bond acceptors (Lipinski definition) is 6. The first-order valence-corrected chi connectivity index (χ1v) is 7.03. The number of hydrogen-bond donors (Lipinski definition) is 1. The predicted molar refractivity (Wildman–Crippen MR) is 84.2 cm³/mol. The number of primary amides is 1.